The Labute approximate surface area is 148 Å². The van der Waals surface area contributed by atoms with E-state index in [9.17, 15) is 10.1 Å². The molecule has 1 aromatic heterocycles. The summed E-state index contributed by atoms with van der Waals surface area (Å²) in [7, 11) is 0. The molecule has 0 unspecified atom stereocenters. The van der Waals surface area contributed by atoms with Crippen molar-refractivity contribution in [3.63, 3.8) is 0 Å². The number of anilines is 3. The summed E-state index contributed by atoms with van der Waals surface area (Å²) in [4.78, 5) is 24.2. The highest BCUT2D eigenvalue weighted by molar-refractivity contribution is 5.71. The minimum Gasteiger partial charge on any atom is -0.378 e. The summed E-state index contributed by atoms with van der Waals surface area (Å²) in [6, 6.07) is 0. The van der Waals surface area contributed by atoms with Gasteiger partial charge in [0.2, 0.25) is 17.6 Å². The summed E-state index contributed by atoms with van der Waals surface area (Å²) >= 11 is 0. The van der Waals surface area contributed by atoms with Crippen molar-refractivity contribution in [2.75, 3.05) is 41.7 Å². The Balaban J connectivity index is 1.99. The van der Waals surface area contributed by atoms with Gasteiger partial charge in [-0.1, -0.05) is 26.7 Å². The van der Waals surface area contributed by atoms with Gasteiger partial charge >= 0.3 is 5.69 Å². The molecule has 2 N–H and O–H groups in total. The number of hydrogen-bond donors (Lipinski definition) is 1. The van der Waals surface area contributed by atoms with Crippen LogP contribution in [0.3, 0.4) is 0 Å². The van der Waals surface area contributed by atoms with Crippen LogP contribution in [0.5, 0.6) is 0 Å². The molecule has 3 heterocycles. The molecule has 8 nitrogen and oxygen atoms in total. The van der Waals surface area contributed by atoms with E-state index in [0.717, 1.165) is 51.9 Å². The van der Waals surface area contributed by atoms with Crippen LogP contribution in [0.2, 0.25) is 0 Å². The van der Waals surface area contributed by atoms with Crippen LogP contribution in [0.1, 0.15) is 46.0 Å². The van der Waals surface area contributed by atoms with Crippen molar-refractivity contribution in [3.05, 3.63) is 10.1 Å². The highest BCUT2D eigenvalue weighted by Gasteiger charge is 2.31. The van der Waals surface area contributed by atoms with E-state index in [2.05, 4.69) is 28.7 Å². The van der Waals surface area contributed by atoms with E-state index >= 15 is 0 Å². The molecule has 2 aliphatic rings. The largest absolute Gasteiger partial charge is 0.378 e. The third-order valence-corrected chi connectivity index (χ3v) is 5.12. The van der Waals surface area contributed by atoms with Crippen molar-refractivity contribution in [2.45, 2.75) is 46.0 Å². The zero-order chi connectivity index (χ0) is 18.0. The van der Waals surface area contributed by atoms with Crippen LogP contribution >= 0.6 is 0 Å². The minimum absolute atomic E-state index is 0.0277. The van der Waals surface area contributed by atoms with E-state index in [-0.39, 0.29) is 11.5 Å². The Bertz CT molecular complexity index is 620. The quantitative estimate of drug-likeness (QED) is 0.662. The molecule has 1 aromatic rings. The topological polar surface area (TPSA) is 101 Å². The van der Waals surface area contributed by atoms with Gasteiger partial charge in [0.05, 0.1) is 4.92 Å². The van der Waals surface area contributed by atoms with Crippen LogP contribution in [0.4, 0.5) is 23.3 Å². The average molecular weight is 348 g/mol. The van der Waals surface area contributed by atoms with E-state index in [1.54, 1.807) is 0 Å². The molecular formula is C17H28N6O2. The molecule has 25 heavy (non-hydrogen) atoms. The van der Waals surface area contributed by atoms with Crippen molar-refractivity contribution in [1.82, 2.24) is 9.97 Å². The molecule has 0 radical (unpaired) electrons. The standard InChI is InChI=1S/C17H28N6O2/c1-12-9-13(2)11-22(10-12)17-19-15(18)14(23(24)25)16(20-17)21-7-5-3-4-6-8-21/h12-13H,3-11H2,1-2H3,(H2,18,19,20)/t12-,13-/m0/s1. The highest BCUT2D eigenvalue weighted by atomic mass is 16.6. The smallest absolute Gasteiger partial charge is 0.353 e. The molecule has 0 saturated carbocycles. The minimum atomic E-state index is -0.444. The second kappa shape index (κ2) is 7.41. The van der Waals surface area contributed by atoms with Crippen LogP contribution in [0.15, 0.2) is 0 Å². The van der Waals surface area contributed by atoms with Crippen molar-refractivity contribution < 1.29 is 4.92 Å². The van der Waals surface area contributed by atoms with Crippen LogP contribution in [0, 0.1) is 22.0 Å². The first-order chi connectivity index (χ1) is 12.0. The molecule has 2 fully saturated rings. The third kappa shape index (κ3) is 3.93. The zero-order valence-corrected chi connectivity index (χ0v) is 15.1. The first-order valence-electron chi connectivity index (χ1n) is 9.27. The van der Waals surface area contributed by atoms with Crippen LogP contribution in [-0.2, 0) is 0 Å². The van der Waals surface area contributed by atoms with Gasteiger partial charge in [-0.15, -0.1) is 0 Å². The Morgan fingerprint density at radius 3 is 2.20 bits per heavy atom. The van der Waals surface area contributed by atoms with Gasteiger partial charge in [-0.25, -0.2) is 0 Å². The van der Waals surface area contributed by atoms with Crippen LogP contribution in [0.25, 0.3) is 0 Å². The zero-order valence-electron chi connectivity index (χ0n) is 15.1. The number of hydrogen-bond acceptors (Lipinski definition) is 7. The Kier molecular flexibility index (Phi) is 5.24. The van der Waals surface area contributed by atoms with Gasteiger partial charge in [-0.3, -0.25) is 10.1 Å². The lowest BCUT2D eigenvalue weighted by molar-refractivity contribution is -0.383. The summed E-state index contributed by atoms with van der Waals surface area (Å²) in [6.07, 6.45) is 5.53. The number of piperidine rings is 1. The molecule has 0 aromatic carbocycles. The van der Waals surface area contributed by atoms with Crippen LogP contribution < -0.4 is 15.5 Å². The molecule has 0 aliphatic carbocycles. The second-order valence-electron chi connectivity index (χ2n) is 7.59. The second-order valence-corrected chi connectivity index (χ2v) is 7.59. The van der Waals surface area contributed by atoms with Gasteiger partial charge in [-0.05, 0) is 31.1 Å². The first kappa shape index (κ1) is 17.7. The molecular weight excluding hydrogens is 320 g/mol. The molecule has 2 aliphatic heterocycles. The number of nitrogens with two attached hydrogens (primary N) is 1. The molecule has 3 rings (SSSR count). The van der Waals surface area contributed by atoms with Gasteiger partial charge in [0.15, 0.2) is 0 Å². The number of aromatic nitrogens is 2. The van der Waals surface area contributed by atoms with E-state index in [1.165, 1.54) is 6.42 Å². The lowest BCUT2D eigenvalue weighted by Crippen LogP contribution is -2.40. The van der Waals surface area contributed by atoms with Crippen molar-refractivity contribution in [1.29, 1.82) is 0 Å². The molecule has 138 valence electrons. The van der Waals surface area contributed by atoms with Gasteiger partial charge < -0.3 is 15.5 Å². The van der Waals surface area contributed by atoms with E-state index in [0.29, 0.717) is 23.6 Å². The number of nitrogen functional groups attached to an aromatic ring is 1. The molecule has 8 heteroatoms. The van der Waals surface area contributed by atoms with Gasteiger partial charge in [-0.2, -0.15) is 9.97 Å². The fourth-order valence-electron chi connectivity index (χ4n) is 4.09. The van der Waals surface area contributed by atoms with Gasteiger partial charge in [0.1, 0.15) is 0 Å². The van der Waals surface area contributed by atoms with Crippen molar-refractivity contribution in [3.8, 4) is 0 Å². The third-order valence-electron chi connectivity index (χ3n) is 5.12. The molecule has 0 spiro atoms. The van der Waals surface area contributed by atoms with E-state index < -0.39 is 4.92 Å². The number of rotatable bonds is 3. The van der Waals surface area contributed by atoms with Crippen molar-refractivity contribution >= 4 is 23.3 Å². The van der Waals surface area contributed by atoms with Gasteiger partial charge in [0, 0.05) is 26.2 Å². The van der Waals surface area contributed by atoms with Gasteiger partial charge in [0.25, 0.3) is 0 Å². The Hall–Kier alpha value is -2.12. The maximum absolute atomic E-state index is 11.6. The Morgan fingerprint density at radius 1 is 1.04 bits per heavy atom. The fourth-order valence-corrected chi connectivity index (χ4v) is 4.09. The Morgan fingerprint density at radius 2 is 1.64 bits per heavy atom. The fraction of sp³-hybridized carbons (Fsp3) is 0.765. The molecule has 2 atom stereocenters. The summed E-state index contributed by atoms with van der Waals surface area (Å²) < 4.78 is 0. The van der Waals surface area contributed by atoms with E-state index in [4.69, 9.17) is 5.73 Å². The number of nitro groups is 1. The SMILES string of the molecule is C[C@H]1C[C@H](C)CN(c2nc(N)c([N+](=O)[O-])c(N3CCCCCC3)n2)C1. The predicted molar refractivity (Wildman–Crippen MR) is 98.9 cm³/mol. The molecule has 2 saturated heterocycles. The molecule has 0 amide bonds. The summed E-state index contributed by atoms with van der Waals surface area (Å²) in [5.41, 5.74) is 5.85. The molecule has 0 bridgehead atoms. The predicted octanol–water partition coefficient (Wildman–Crippen LogP) is 2.83. The summed E-state index contributed by atoms with van der Waals surface area (Å²) in [5, 5.41) is 11.6. The average Bonchev–Trinajstić information content (AvgIpc) is 2.82. The van der Waals surface area contributed by atoms with E-state index in [1.807, 2.05) is 4.90 Å². The highest BCUT2D eigenvalue weighted by Crippen LogP contribution is 2.35. The lowest BCUT2D eigenvalue weighted by atomic mass is 9.92. The summed E-state index contributed by atoms with van der Waals surface area (Å²) in [5.74, 6) is 1.98. The van der Waals surface area contributed by atoms with Crippen molar-refractivity contribution in [2.24, 2.45) is 11.8 Å². The maximum Gasteiger partial charge on any atom is 0.353 e. The summed E-state index contributed by atoms with van der Waals surface area (Å²) in [6.45, 7) is 7.72. The van der Waals surface area contributed by atoms with Crippen LogP contribution in [-0.4, -0.2) is 41.1 Å². The maximum atomic E-state index is 11.6. The monoisotopic (exact) mass is 348 g/mol. The normalized spacial score (nSPS) is 24.9. The lowest BCUT2D eigenvalue weighted by Gasteiger charge is -2.35. The number of nitrogens with zero attached hydrogens (tertiary/aromatic N) is 5. The first-order valence-corrected chi connectivity index (χ1v) is 9.27.